The summed E-state index contributed by atoms with van der Waals surface area (Å²) in [6.07, 6.45) is 0. The quantitative estimate of drug-likeness (QED) is 0.488. The second-order valence-electron chi connectivity index (χ2n) is 6.66. The van der Waals surface area contributed by atoms with Crippen molar-refractivity contribution in [2.45, 2.75) is 18.7 Å². The van der Waals surface area contributed by atoms with Crippen LogP contribution in [0.15, 0.2) is 53.4 Å². The standard InChI is InChI=1S/C21H20ClN3O4S2/c1-12-13(2)30-21(18(12)20(27)23-3)24-19(26)14-5-4-6-16(11-14)25-31(28,29)17-9-7-15(22)8-10-17/h4-11,25H,1-3H3,(H,23,27)(H,24,26). The molecule has 0 aliphatic rings. The highest BCUT2D eigenvalue weighted by Crippen LogP contribution is 2.32. The predicted molar refractivity (Wildman–Crippen MR) is 124 cm³/mol. The number of benzene rings is 2. The molecule has 0 radical (unpaired) electrons. The van der Waals surface area contributed by atoms with Crippen molar-refractivity contribution in [3.63, 3.8) is 0 Å². The molecule has 0 fully saturated rings. The number of nitrogens with one attached hydrogen (secondary N) is 3. The Kier molecular flexibility index (Phi) is 6.68. The first-order valence-electron chi connectivity index (χ1n) is 9.14. The van der Waals surface area contributed by atoms with Crippen molar-refractivity contribution in [1.82, 2.24) is 5.32 Å². The molecule has 0 unspecified atom stereocenters. The minimum atomic E-state index is -3.85. The van der Waals surface area contributed by atoms with Gasteiger partial charge in [0.1, 0.15) is 5.00 Å². The molecule has 0 bridgehead atoms. The van der Waals surface area contributed by atoms with Gasteiger partial charge < -0.3 is 10.6 Å². The zero-order valence-electron chi connectivity index (χ0n) is 16.9. The van der Waals surface area contributed by atoms with Gasteiger partial charge in [0.15, 0.2) is 0 Å². The first-order chi connectivity index (χ1) is 14.6. The molecule has 0 aliphatic heterocycles. The molecule has 0 atom stereocenters. The van der Waals surface area contributed by atoms with E-state index in [1.165, 1.54) is 48.7 Å². The van der Waals surface area contributed by atoms with Crippen molar-refractivity contribution in [2.24, 2.45) is 0 Å². The molecule has 0 saturated carbocycles. The summed E-state index contributed by atoms with van der Waals surface area (Å²) in [4.78, 5) is 26.0. The minimum absolute atomic E-state index is 0.0477. The van der Waals surface area contributed by atoms with Gasteiger partial charge >= 0.3 is 0 Å². The van der Waals surface area contributed by atoms with E-state index in [2.05, 4.69) is 15.4 Å². The lowest BCUT2D eigenvalue weighted by Crippen LogP contribution is -2.21. The molecule has 0 spiro atoms. The number of hydrogen-bond donors (Lipinski definition) is 3. The lowest BCUT2D eigenvalue weighted by atomic mass is 10.1. The average molecular weight is 478 g/mol. The lowest BCUT2D eigenvalue weighted by Gasteiger charge is -2.10. The predicted octanol–water partition coefficient (Wildman–Crippen LogP) is 4.43. The van der Waals surface area contributed by atoms with E-state index in [4.69, 9.17) is 11.6 Å². The highest BCUT2D eigenvalue weighted by Gasteiger charge is 2.21. The van der Waals surface area contributed by atoms with Gasteiger partial charge in [0.25, 0.3) is 21.8 Å². The monoisotopic (exact) mass is 477 g/mol. The van der Waals surface area contributed by atoms with Crippen molar-refractivity contribution in [2.75, 3.05) is 17.1 Å². The minimum Gasteiger partial charge on any atom is -0.355 e. The van der Waals surface area contributed by atoms with Crippen LogP contribution in [0.4, 0.5) is 10.7 Å². The lowest BCUT2D eigenvalue weighted by molar-refractivity contribution is 0.0963. The number of sulfonamides is 1. The van der Waals surface area contributed by atoms with Gasteiger partial charge in [-0.15, -0.1) is 11.3 Å². The Labute approximate surface area is 189 Å². The number of anilines is 2. The molecule has 7 nitrogen and oxygen atoms in total. The van der Waals surface area contributed by atoms with Gasteiger partial charge in [0, 0.05) is 28.2 Å². The summed E-state index contributed by atoms with van der Waals surface area (Å²) in [7, 11) is -2.32. The van der Waals surface area contributed by atoms with Gasteiger partial charge in [-0.2, -0.15) is 0 Å². The van der Waals surface area contributed by atoms with Gasteiger partial charge in [0.05, 0.1) is 10.5 Å². The Morgan fingerprint density at radius 1 is 1.00 bits per heavy atom. The summed E-state index contributed by atoms with van der Waals surface area (Å²) in [6, 6.07) is 11.8. The third kappa shape index (κ3) is 5.07. The Morgan fingerprint density at radius 3 is 2.32 bits per heavy atom. The number of thiophene rings is 1. The average Bonchev–Trinajstić information content (AvgIpc) is 3.00. The Hall–Kier alpha value is -2.88. The van der Waals surface area contributed by atoms with Crippen LogP contribution >= 0.6 is 22.9 Å². The molecule has 31 heavy (non-hydrogen) atoms. The third-order valence-electron chi connectivity index (χ3n) is 4.57. The molecule has 0 aliphatic carbocycles. The summed E-state index contributed by atoms with van der Waals surface area (Å²) in [5.41, 5.74) is 1.68. The molecule has 3 rings (SSSR count). The number of carbonyl (C=O) groups excluding carboxylic acids is 2. The normalized spacial score (nSPS) is 11.1. The van der Waals surface area contributed by atoms with Crippen LogP contribution in [-0.2, 0) is 10.0 Å². The Morgan fingerprint density at radius 2 is 1.68 bits per heavy atom. The number of hydrogen-bond acceptors (Lipinski definition) is 5. The Bertz CT molecular complexity index is 1250. The first-order valence-corrected chi connectivity index (χ1v) is 11.8. The molecule has 1 heterocycles. The van der Waals surface area contributed by atoms with E-state index >= 15 is 0 Å². The van der Waals surface area contributed by atoms with Crippen LogP contribution in [-0.4, -0.2) is 27.3 Å². The third-order valence-corrected chi connectivity index (χ3v) is 7.34. The van der Waals surface area contributed by atoms with Crippen molar-refractivity contribution >= 4 is 55.5 Å². The second kappa shape index (κ2) is 9.09. The SMILES string of the molecule is CNC(=O)c1c(NC(=O)c2cccc(NS(=O)(=O)c3ccc(Cl)cc3)c2)sc(C)c1C. The van der Waals surface area contributed by atoms with Gasteiger partial charge in [-0.05, 0) is 61.9 Å². The number of amides is 2. The fourth-order valence-corrected chi connectivity index (χ4v) is 5.07. The fraction of sp³-hybridized carbons (Fsp3) is 0.143. The van der Waals surface area contributed by atoms with E-state index in [0.29, 0.717) is 15.6 Å². The molecular formula is C21H20ClN3O4S2. The molecule has 2 aromatic carbocycles. The highest BCUT2D eigenvalue weighted by atomic mass is 35.5. The summed E-state index contributed by atoms with van der Waals surface area (Å²) >= 11 is 7.12. The number of carbonyl (C=O) groups is 2. The first kappa shape index (κ1) is 22.8. The van der Waals surface area contributed by atoms with Crippen LogP contribution in [0, 0.1) is 13.8 Å². The largest absolute Gasteiger partial charge is 0.355 e. The van der Waals surface area contributed by atoms with E-state index in [1.54, 1.807) is 18.2 Å². The fourth-order valence-electron chi connectivity index (χ4n) is 2.84. The summed E-state index contributed by atoms with van der Waals surface area (Å²) in [6.45, 7) is 3.69. The van der Waals surface area contributed by atoms with Crippen LogP contribution in [0.1, 0.15) is 31.2 Å². The van der Waals surface area contributed by atoms with Crippen LogP contribution in [0.3, 0.4) is 0 Å². The van der Waals surface area contributed by atoms with Gasteiger partial charge in [-0.3, -0.25) is 14.3 Å². The number of halogens is 1. The van der Waals surface area contributed by atoms with Gasteiger partial charge in [0.2, 0.25) is 0 Å². The molecule has 1 aromatic heterocycles. The second-order valence-corrected chi connectivity index (χ2v) is 10.0. The highest BCUT2D eigenvalue weighted by molar-refractivity contribution is 7.92. The van der Waals surface area contributed by atoms with Crippen molar-refractivity contribution in [3.8, 4) is 0 Å². The topological polar surface area (TPSA) is 104 Å². The number of rotatable bonds is 6. The Balaban J connectivity index is 1.84. The molecule has 3 N–H and O–H groups in total. The number of aryl methyl sites for hydroxylation is 1. The zero-order chi connectivity index (χ0) is 22.8. The maximum absolute atomic E-state index is 12.8. The van der Waals surface area contributed by atoms with E-state index in [-0.39, 0.29) is 22.1 Å². The van der Waals surface area contributed by atoms with Gasteiger partial charge in [-0.25, -0.2) is 8.42 Å². The molecule has 162 valence electrons. The molecule has 3 aromatic rings. The van der Waals surface area contributed by atoms with Crippen molar-refractivity contribution in [3.05, 3.63) is 75.1 Å². The zero-order valence-corrected chi connectivity index (χ0v) is 19.3. The van der Waals surface area contributed by atoms with E-state index in [9.17, 15) is 18.0 Å². The van der Waals surface area contributed by atoms with Crippen molar-refractivity contribution < 1.29 is 18.0 Å². The molecular weight excluding hydrogens is 458 g/mol. The molecule has 10 heteroatoms. The van der Waals surface area contributed by atoms with E-state index < -0.39 is 15.9 Å². The van der Waals surface area contributed by atoms with Crippen LogP contribution in [0.5, 0.6) is 0 Å². The summed E-state index contributed by atoms with van der Waals surface area (Å²) in [5, 5.41) is 6.19. The van der Waals surface area contributed by atoms with Crippen LogP contribution in [0.2, 0.25) is 5.02 Å². The van der Waals surface area contributed by atoms with E-state index in [1.807, 2.05) is 13.8 Å². The van der Waals surface area contributed by atoms with E-state index in [0.717, 1.165) is 10.4 Å². The summed E-state index contributed by atoms with van der Waals surface area (Å²) in [5.74, 6) is -0.749. The maximum Gasteiger partial charge on any atom is 0.261 e. The van der Waals surface area contributed by atoms with Crippen LogP contribution < -0.4 is 15.4 Å². The summed E-state index contributed by atoms with van der Waals surface area (Å²) < 4.78 is 27.6. The molecule has 2 amide bonds. The maximum atomic E-state index is 12.8. The molecule has 0 saturated heterocycles. The van der Waals surface area contributed by atoms with Crippen LogP contribution in [0.25, 0.3) is 0 Å². The smallest absolute Gasteiger partial charge is 0.261 e. The van der Waals surface area contributed by atoms with Gasteiger partial charge in [-0.1, -0.05) is 17.7 Å². The van der Waals surface area contributed by atoms with Crippen molar-refractivity contribution in [1.29, 1.82) is 0 Å².